The molecule has 0 aliphatic heterocycles. The normalized spacial score (nSPS) is 11.2. The second-order valence-corrected chi connectivity index (χ2v) is 3.90. The molecule has 0 N–H and O–H groups in total. The molecule has 2 rings (SSSR count). The van der Waals surface area contributed by atoms with E-state index in [1.807, 2.05) is 0 Å². The maximum atomic E-state index is 11.8. The van der Waals surface area contributed by atoms with Gasteiger partial charge in [0.2, 0.25) is 0 Å². The Labute approximate surface area is 87.4 Å². The minimum absolute atomic E-state index is 0.0244. The molecule has 0 unspecified atom stereocenters. The molecule has 0 saturated carbocycles. The fourth-order valence-corrected chi connectivity index (χ4v) is 2.07. The fraction of sp³-hybridized carbons (Fsp3) is 0.364. The third-order valence-electron chi connectivity index (χ3n) is 2.99. The summed E-state index contributed by atoms with van der Waals surface area (Å²) in [6.07, 6.45) is 1.52. The Kier molecular flexibility index (Phi) is 1.89. The Morgan fingerprint density at radius 3 is 2.47 bits per heavy atom. The van der Waals surface area contributed by atoms with Crippen molar-refractivity contribution in [3.05, 3.63) is 27.8 Å². The molecule has 0 radical (unpaired) electrons. The largest absolute Gasteiger partial charge is 0.871 e. The lowest BCUT2D eigenvalue weighted by Crippen LogP contribution is -2.22. The molecule has 0 aromatic carbocycles. The second kappa shape index (κ2) is 2.89. The Morgan fingerprint density at radius 2 is 1.87 bits per heavy atom. The van der Waals surface area contributed by atoms with Crippen molar-refractivity contribution in [2.24, 2.45) is 14.1 Å². The number of aryl methyl sites for hydroxylation is 3. The quantitative estimate of drug-likeness (QED) is 0.631. The van der Waals surface area contributed by atoms with Crippen molar-refractivity contribution in [2.75, 3.05) is 0 Å². The molecule has 0 saturated heterocycles. The molecule has 80 valence electrons. The molecule has 0 spiro atoms. The van der Waals surface area contributed by atoms with Crippen molar-refractivity contribution in [1.29, 1.82) is 0 Å². The van der Waals surface area contributed by atoms with E-state index in [4.69, 9.17) is 0 Å². The van der Waals surface area contributed by atoms with E-state index in [9.17, 15) is 9.90 Å². The van der Waals surface area contributed by atoms with Crippen molar-refractivity contribution in [2.45, 2.75) is 13.8 Å². The minimum Gasteiger partial charge on any atom is -0.871 e. The Morgan fingerprint density at radius 1 is 1.27 bits per heavy atom. The van der Waals surface area contributed by atoms with Gasteiger partial charge in [-0.25, -0.2) is 0 Å². The highest BCUT2D eigenvalue weighted by Gasteiger charge is 2.11. The van der Waals surface area contributed by atoms with Crippen molar-refractivity contribution in [3.63, 3.8) is 0 Å². The van der Waals surface area contributed by atoms with Gasteiger partial charge < -0.3 is 14.2 Å². The molecule has 0 atom stereocenters. The van der Waals surface area contributed by atoms with Crippen molar-refractivity contribution in [1.82, 2.24) is 9.13 Å². The summed E-state index contributed by atoms with van der Waals surface area (Å²) >= 11 is 0. The van der Waals surface area contributed by atoms with E-state index in [1.165, 1.54) is 10.8 Å². The molecule has 4 heteroatoms. The third kappa shape index (κ3) is 1.11. The zero-order valence-electron chi connectivity index (χ0n) is 9.29. The number of rotatable bonds is 0. The van der Waals surface area contributed by atoms with Gasteiger partial charge in [-0.1, -0.05) is 5.75 Å². The van der Waals surface area contributed by atoms with Gasteiger partial charge in [-0.3, -0.25) is 4.79 Å². The average molecular weight is 205 g/mol. The Bertz CT molecular complexity index is 605. The van der Waals surface area contributed by atoms with Gasteiger partial charge in [0.05, 0.1) is 5.52 Å². The second-order valence-electron chi connectivity index (χ2n) is 3.90. The van der Waals surface area contributed by atoms with Crippen molar-refractivity contribution >= 4 is 10.9 Å². The number of pyridine rings is 1. The van der Waals surface area contributed by atoms with Gasteiger partial charge in [0.25, 0.3) is 5.56 Å². The van der Waals surface area contributed by atoms with E-state index in [0.717, 1.165) is 11.2 Å². The van der Waals surface area contributed by atoms with E-state index in [-0.39, 0.29) is 11.3 Å². The summed E-state index contributed by atoms with van der Waals surface area (Å²) in [6, 6.07) is 0. The van der Waals surface area contributed by atoms with Crippen LogP contribution in [0, 0.1) is 13.8 Å². The first-order valence-electron chi connectivity index (χ1n) is 4.77. The summed E-state index contributed by atoms with van der Waals surface area (Å²) in [6.45, 7) is 3.55. The molecule has 4 nitrogen and oxygen atoms in total. The number of hydrogen-bond acceptors (Lipinski definition) is 2. The van der Waals surface area contributed by atoms with Crippen LogP contribution in [0.2, 0.25) is 0 Å². The lowest BCUT2D eigenvalue weighted by molar-refractivity contribution is -0.266. The van der Waals surface area contributed by atoms with E-state index < -0.39 is 0 Å². The molecule has 0 bridgehead atoms. The Balaban J connectivity index is 3.18. The van der Waals surface area contributed by atoms with Crippen LogP contribution in [0.5, 0.6) is 5.75 Å². The first-order chi connectivity index (χ1) is 6.95. The van der Waals surface area contributed by atoms with Crippen LogP contribution in [0.4, 0.5) is 0 Å². The minimum atomic E-state index is -0.0406. The molecular formula is C11H13N2O2-. The zero-order chi connectivity index (χ0) is 11.3. The van der Waals surface area contributed by atoms with E-state index in [1.54, 1.807) is 32.5 Å². The molecule has 0 aliphatic carbocycles. The number of aromatic nitrogens is 2. The number of nitrogens with zero attached hydrogens (tertiary/aromatic N) is 2. The average Bonchev–Trinajstić information content (AvgIpc) is 2.47. The maximum Gasteiger partial charge on any atom is 0.255 e. The smallest absolute Gasteiger partial charge is 0.255 e. The summed E-state index contributed by atoms with van der Waals surface area (Å²) in [5, 5.41) is 12.4. The SMILES string of the molecule is Cc1c(=O)n(C)c(C)c2c([O-])cn(C)c12. The van der Waals surface area contributed by atoms with Gasteiger partial charge in [0, 0.05) is 30.7 Å². The zero-order valence-corrected chi connectivity index (χ0v) is 9.29. The van der Waals surface area contributed by atoms with Crippen LogP contribution >= 0.6 is 0 Å². The number of hydrogen-bond donors (Lipinski definition) is 0. The van der Waals surface area contributed by atoms with Crippen molar-refractivity contribution in [3.8, 4) is 5.75 Å². The van der Waals surface area contributed by atoms with Crippen LogP contribution in [-0.4, -0.2) is 9.13 Å². The molecule has 2 aromatic rings. The summed E-state index contributed by atoms with van der Waals surface area (Å²) in [7, 11) is 3.48. The molecule has 2 heterocycles. The van der Waals surface area contributed by atoms with Crippen molar-refractivity contribution < 1.29 is 5.11 Å². The van der Waals surface area contributed by atoms with Crippen LogP contribution in [0.3, 0.4) is 0 Å². The van der Waals surface area contributed by atoms with Gasteiger partial charge in [0.1, 0.15) is 0 Å². The number of fused-ring (bicyclic) bond motifs is 1. The molecule has 0 aliphatic rings. The third-order valence-corrected chi connectivity index (χ3v) is 2.99. The van der Waals surface area contributed by atoms with Crippen LogP contribution < -0.4 is 10.7 Å². The van der Waals surface area contributed by atoms with Crippen LogP contribution in [0.25, 0.3) is 10.9 Å². The van der Waals surface area contributed by atoms with E-state index >= 15 is 0 Å². The van der Waals surface area contributed by atoms with Gasteiger partial charge >= 0.3 is 0 Å². The van der Waals surface area contributed by atoms with Crippen LogP contribution in [0.15, 0.2) is 11.0 Å². The van der Waals surface area contributed by atoms with Gasteiger partial charge in [-0.15, -0.1) is 0 Å². The molecule has 0 fully saturated rings. The van der Waals surface area contributed by atoms with Gasteiger partial charge in [0.15, 0.2) is 0 Å². The van der Waals surface area contributed by atoms with E-state index in [0.29, 0.717) is 10.9 Å². The Hall–Kier alpha value is -1.71. The lowest BCUT2D eigenvalue weighted by atomic mass is 10.1. The predicted octanol–water partition coefficient (Wildman–Crippen LogP) is 0.567. The van der Waals surface area contributed by atoms with Crippen LogP contribution in [-0.2, 0) is 14.1 Å². The molecule has 2 aromatic heterocycles. The first kappa shape index (κ1) is 9.83. The monoisotopic (exact) mass is 205 g/mol. The molecule has 0 amide bonds. The summed E-state index contributed by atoms with van der Waals surface area (Å²) in [5.41, 5.74) is 2.07. The van der Waals surface area contributed by atoms with E-state index in [2.05, 4.69) is 0 Å². The predicted molar refractivity (Wildman–Crippen MR) is 57.1 cm³/mol. The highest BCUT2D eigenvalue weighted by molar-refractivity contribution is 5.90. The summed E-state index contributed by atoms with van der Waals surface area (Å²) in [5.74, 6) is -0.0244. The fourth-order valence-electron chi connectivity index (χ4n) is 2.07. The topological polar surface area (TPSA) is 50.0 Å². The molecular weight excluding hydrogens is 192 g/mol. The van der Waals surface area contributed by atoms with Gasteiger partial charge in [-0.05, 0) is 20.0 Å². The first-order valence-corrected chi connectivity index (χ1v) is 4.77. The maximum absolute atomic E-state index is 11.8. The molecule has 15 heavy (non-hydrogen) atoms. The standard InChI is InChI=1S/C11H14N2O2/c1-6-10-9(8(14)5-12(10)3)7(2)13(4)11(6)15/h5,14H,1-4H3/p-1. The lowest BCUT2D eigenvalue weighted by Gasteiger charge is -2.11. The van der Waals surface area contributed by atoms with Gasteiger partial charge in [-0.2, -0.15) is 0 Å². The summed E-state index contributed by atoms with van der Waals surface area (Å²) < 4.78 is 3.25. The summed E-state index contributed by atoms with van der Waals surface area (Å²) in [4.78, 5) is 11.8. The highest BCUT2D eigenvalue weighted by atomic mass is 16.3. The van der Waals surface area contributed by atoms with Crippen LogP contribution in [0.1, 0.15) is 11.3 Å². The highest BCUT2D eigenvalue weighted by Crippen LogP contribution is 2.27.